The number of rotatable bonds is 8. The number of hydrogen-bond acceptors (Lipinski definition) is 6. The van der Waals surface area contributed by atoms with Crippen molar-refractivity contribution >= 4 is 22.8 Å². The SMILES string of the molecule is C=CCOC(=O)C(OCC(C)F)(SC(C)=O)C1CCCN1. The predicted molar refractivity (Wildman–Crippen MR) is 79.7 cm³/mol. The van der Waals surface area contributed by atoms with E-state index in [0.29, 0.717) is 13.0 Å². The number of carbonyl (C=O) groups excluding carboxylic acids is 2. The number of hydrogen-bond donors (Lipinski definition) is 1. The summed E-state index contributed by atoms with van der Waals surface area (Å²) in [5, 5.41) is 2.85. The molecule has 0 aromatic carbocycles. The number of nitrogens with one attached hydrogen (secondary N) is 1. The Morgan fingerprint density at radius 2 is 2.33 bits per heavy atom. The normalized spacial score (nSPS) is 22.3. The van der Waals surface area contributed by atoms with Crippen molar-refractivity contribution in [1.29, 1.82) is 0 Å². The molecule has 120 valence electrons. The Labute approximate surface area is 128 Å². The minimum absolute atomic E-state index is 0.0142. The van der Waals surface area contributed by atoms with Crippen molar-refractivity contribution in [3.05, 3.63) is 12.7 Å². The van der Waals surface area contributed by atoms with E-state index in [1.165, 1.54) is 19.9 Å². The number of esters is 1. The Balaban J connectivity index is 3.01. The van der Waals surface area contributed by atoms with Crippen LogP contribution in [-0.2, 0) is 19.1 Å². The second-order valence-corrected chi connectivity index (χ2v) is 6.27. The van der Waals surface area contributed by atoms with Crippen LogP contribution in [0.5, 0.6) is 0 Å². The fourth-order valence-electron chi connectivity index (χ4n) is 2.14. The maximum atomic E-state index is 13.2. The minimum Gasteiger partial charge on any atom is -0.459 e. The number of alkyl halides is 1. The summed E-state index contributed by atoms with van der Waals surface area (Å²) >= 11 is 0.746. The highest BCUT2D eigenvalue weighted by Crippen LogP contribution is 2.37. The molecule has 1 saturated heterocycles. The molecule has 1 fully saturated rings. The Bertz CT molecular complexity index is 385. The lowest BCUT2D eigenvalue weighted by molar-refractivity contribution is -0.163. The van der Waals surface area contributed by atoms with Gasteiger partial charge in [0.15, 0.2) is 5.12 Å². The summed E-state index contributed by atoms with van der Waals surface area (Å²) in [6.45, 7) is 6.61. The van der Waals surface area contributed by atoms with Crippen LogP contribution in [0, 0.1) is 0 Å². The Morgan fingerprint density at radius 3 is 2.81 bits per heavy atom. The molecule has 1 rings (SSSR count). The van der Waals surface area contributed by atoms with Crippen LogP contribution in [-0.4, -0.2) is 48.0 Å². The van der Waals surface area contributed by atoms with Crippen LogP contribution in [0.2, 0.25) is 0 Å². The monoisotopic (exact) mass is 319 g/mol. The van der Waals surface area contributed by atoms with Crippen molar-refractivity contribution in [3.63, 3.8) is 0 Å². The van der Waals surface area contributed by atoms with E-state index in [-0.39, 0.29) is 24.4 Å². The molecule has 0 saturated carbocycles. The minimum atomic E-state index is -1.55. The smallest absolute Gasteiger partial charge is 0.351 e. The molecule has 0 aliphatic carbocycles. The highest BCUT2D eigenvalue weighted by atomic mass is 32.2. The fraction of sp³-hybridized carbons (Fsp3) is 0.714. The van der Waals surface area contributed by atoms with E-state index in [2.05, 4.69) is 11.9 Å². The summed E-state index contributed by atoms with van der Waals surface area (Å²) in [5.41, 5.74) is 0. The van der Waals surface area contributed by atoms with E-state index in [0.717, 1.165) is 18.2 Å². The molecular weight excluding hydrogens is 297 g/mol. The van der Waals surface area contributed by atoms with Crippen LogP contribution in [0.15, 0.2) is 12.7 Å². The molecule has 0 radical (unpaired) electrons. The molecule has 1 aliphatic heterocycles. The molecule has 0 spiro atoms. The van der Waals surface area contributed by atoms with E-state index < -0.39 is 17.1 Å². The van der Waals surface area contributed by atoms with Crippen molar-refractivity contribution in [2.24, 2.45) is 0 Å². The first kappa shape index (κ1) is 18.1. The van der Waals surface area contributed by atoms with Crippen molar-refractivity contribution in [2.45, 2.75) is 43.8 Å². The predicted octanol–water partition coefficient (Wildman–Crippen LogP) is 1.82. The highest BCUT2D eigenvalue weighted by molar-refractivity contribution is 8.15. The second-order valence-electron chi connectivity index (χ2n) is 4.89. The van der Waals surface area contributed by atoms with Crippen molar-refractivity contribution in [3.8, 4) is 0 Å². The third-order valence-corrected chi connectivity index (χ3v) is 4.12. The lowest BCUT2D eigenvalue weighted by Crippen LogP contribution is -2.55. The van der Waals surface area contributed by atoms with Crippen LogP contribution in [0.4, 0.5) is 4.39 Å². The average Bonchev–Trinajstić information content (AvgIpc) is 2.94. The average molecular weight is 319 g/mol. The van der Waals surface area contributed by atoms with Gasteiger partial charge >= 0.3 is 5.97 Å². The van der Waals surface area contributed by atoms with Gasteiger partial charge in [-0.1, -0.05) is 12.7 Å². The van der Waals surface area contributed by atoms with Crippen molar-refractivity contribution in [2.75, 3.05) is 19.8 Å². The van der Waals surface area contributed by atoms with Gasteiger partial charge in [0, 0.05) is 6.92 Å². The molecular formula is C14H22FNO4S. The molecule has 7 heteroatoms. The Kier molecular flexibility index (Phi) is 7.34. The van der Waals surface area contributed by atoms with Gasteiger partial charge in [0.25, 0.3) is 0 Å². The summed E-state index contributed by atoms with van der Waals surface area (Å²) in [4.78, 5) is 22.5. The van der Waals surface area contributed by atoms with Crippen LogP contribution >= 0.6 is 11.8 Å². The second kappa shape index (κ2) is 8.51. The van der Waals surface area contributed by atoms with Gasteiger partial charge in [-0.25, -0.2) is 9.18 Å². The highest BCUT2D eigenvalue weighted by Gasteiger charge is 2.51. The third kappa shape index (κ3) is 5.09. The molecule has 1 N–H and O–H groups in total. The van der Waals surface area contributed by atoms with Gasteiger partial charge in [-0.2, -0.15) is 0 Å². The molecule has 5 nitrogen and oxygen atoms in total. The van der Waals surface area contributed by atoms with Gasteiger partial charge in [-0.3, -0.25) is 4.79 Å². The van der Waals surface area contributed by atoms with Gasteiger partial charge < -0.3 is 14.8 Å². The van der Waals surface area contributed by atoms with Gasteiger partial charge in [-0.05, 0) is 38.1 Å². The first-order valence-electron chi connectivity index (χ1n) is 6.91. The summed E-state index contributed by atoms with van der Waals surface area (Å²) in [5.74, 6) is -0.678. The maximum absolute atomic E-state index is 13.2. The van der Waals surface area contributed by atoms with E-state index in [1.54, 1.807) is 0 Å². The zero-order chi connectivity index (χ0) is 15.9. The lowest BCUT2D eigenvalue weighted by atomic mass is 10.1. The number of halogens is 1. The van der Waals surface area contributed by atoms with E-state index in [4.69, 9.17) is 9.47 Å². The molecule has 1 heterocycles. The summed E-state index contributed by atoms with van der Waals surface area (Å²) in [6, 6.07) is -0.387. The Morgan fingerprint density at radius 1 is 1.62 bits per heavy atom. The molecule has 0 aromatic rings. The lowest BCUT2D eigenvalue weighted by Gasteiger charge is -2.35. The molecule has 21 heavy (non-hydrogen) atoms. The molecule has 0 bridgehead atoms. The first-order chi connectivity index (χ1) is 9.92. The van der Waals surface area contributed by atoms with Crippen molar-refractivity contribution in [1.82, 2.24) is 5.32 Å². The van der Waals surface area contributed by atoms with Crippen LogP contribution < -0.4 is 5.32 Å². The van der Waals surface area contributed by atoms with Crippen LogP contribution in [0.25, 0.3) is 0 Å². The molecule has 3 unspecified atom stereocenters. The van der Waals surface area contributed by atoms with Crippen molar-refractivity contribution < 1.29 is 23.5 Å². The molecule has 1 aliphatic rings. The van der Waals surface area contributed by atoms with E-state index in [1.807, 2.05) is 0 Å². The van der Waals surface area contributed by atoms with Gasteiger partial charge in [0.05, 0.1) is 12.6 Å². The zero-order valence-corrected chi connectivity index (χ0v) is 13.2. The zero-order valence-electron chi connectivity index (χ0n) is 12.4. The summed E-state index contributed by atoms with van der Waals surface area (Å²) in [6.07, 6.45) is 1.70. The van der Waals surface area contributed by atoms with Gasteiger partial charge in [0.2, 0.25) is 4.93 Å². The molecule has 0 amide bonds. The van der Waals surface area contributed by atoms with Gasteiger partial charge in [-0.15, -0.1) is 0 Å². The standard InChI is InChI=1S/C14H22FNO4S/c1-4-8-19-13(18)14(21-11(3)17,20-9-10(2)15)12-6-5-7-16-12/h4,10,12,16H,1,5-9H2,2-3H3. The number of thioether (sulfide) groups is 1. The quantitative estimate of drug-likeness (QED) is 0.418. The van der Waals surface area contributed by atoms with E-state index in [9.17, 15) is 14.0 Å². The first-order valence-corrected chi connectivity index (χ1v) is 7.73. The number of ether oxygens (including phenoxy) is 2. The Hall–Kier alpha value is -0.920. The molecule has 3 atom stereocenters. The summed E-state index contributed by atoms with van der Waals surface area (Å²) < 4.78 is 23.8. The van der Waals surface area contributed by atoms with Gasteiger partial charge in [0.1, 0.15) is 12.8 Å². The maximum Gasteiger partial charge on any atom is 0.351 e. The topological polar surface area (TPSA) is 64.6 Å². The largest absolute Gasteiger partial charge is 0.459 e. The number of carbonyl (C=O) groups is 2. The van der Waals surface area contributed by atoms with Crippen LogP contribution in [0.1, 0.15) is 26.7 Å². The third-order valence-electron chi connectivity index (χ3n) is 2.96. The fourth-order valence-corrected chi connectivity index (χ4v) is 3.18. The van der Waals surface area contributed by atoms with E-state index >= 15 is 0 Å². The summed E-state index contributed by atoms with van der Waals surface area (Å²) in [7, 11) is 0. The molecule has 0 aromatic heterocycles. The van der Waals surface area contributed by atoms with Crippen LogP contribution in [0.3, 0.4) is 0 Å².